The highest BCUT2D eigenvalue weighted by molar-refractivity contribution is 6.85. The fraction of sp³-hybridized carbons (Fsp3) is 0.400. The third-order valence-corrected chi connectivity index (χ3v) is 2.38. The molecule has 0 saturated carbocycles. The van der Waals surface area contributed by atoms with Gasteiger partial charge >= 0.3 is 23.9 Å². The highest BCUT2D eigenvalue weighted by atomic mass is 36.5. The van der Waals surface area contributed by atoms with E-state index in [9.17, 15) is 19.2 Å². The molecule has 8 nitrogen and oxygen atoms in total. The SMILES string of the molecule is ClCl.O=C(O)C#CCC(=O)O.O=C(O)CC(Cl)C(Cl)C(=O)O. The van der Waals surface area contributed by atoms with Gasteiger partial charge in [0.15, 0.2) is 0 Å². The van der Waals surface area contributed by atoms with Crippen molar-refractivity contribution in [2.24, 2.45) is 0 Å². The maximum Gasteiger partial charge on any atom is 0.381 e. The number of halogens is 4. The van der Waals surface area contributed by atoms with Gasteiger partial charge in [-0.2, -0.15) is 0 Å². The highest BCUT2D eigenvalue weighted by Gasteiger charge is 2.25. The maximum atomic E-state index is 10.1. The van der Waals surface area contributed by atoms with Crippen LogP contribution in [0.1, 0.15) is 12.8 Å². The van der Waals surface area contributed by atoms with Crippen LogP contribution in [0, 0.1) is 11.8 Å². The lowest BCUT2D eigenvalue weighted by Gasteiger charge is -2.08. The first-order valence-electron chi connectivity index (χ1n) is 4.88. The van der Waals surface area contributed by atoms with Crippen molar-refractivity contribution >= 4 is 68.8 Å². The molecular formula is C10H10Cl4O8. The zero-order valence-electron chi connectivity index (χ0n) is 10.5. The molecule has 0 amide bonds. The molecule has 0 spiro atoms. The Hall–Kier alpha value is -1.40. The molecule has 12 heteroatoms. The monoisotopic (exact) mass is 398 g/mol. The van der Waals surface area contributed by atoms with Gasteiger partial charge in [-0.3, -0.25) is 14.4 Å². The standard InChI is InChI=1S/C5H6Cl2O4.C5H4O4.Cl2/c6-2(1-3(8)9)4(7)5(10)11;6-4(7)2-1-3-5(8)9;1-2/h2,4H,1H2,(H,8,9)(H,10,11);2H2,(H,6,7)(H,8,9);. The largest absolute Gasteiger partial charge is 0.481 e. The molecule has 4 N–H and O–H groups in total. The predicted molar refractivity (Wildman–Crippen MR) is 78.5 cm³/mol. The van der Waals surface area contributed by atoms with Crippen LogP contribution in [0.5, 0.6) is 0 Å². The number of carboxylic acid groups (broad SMARTS) is 4. The van der Waals surface area contributed by atoms with Gasteiger partial charge in [0.2, 0.25) is 0 Å². The number of alkyl halides is 2. The number of rotatable bonds is 5. The summed E-state index contributed by atoms with van der Waals surface area (Å²) in [6.45, 7) is 0. The van der Waals surface area contributed by atoms with E-state index in [1.807, 2.05) is 5.92 Å². The highest BCUT2D eigenvalue weighted by Crippen LogP contribution is 2.13. The molecule has 0 aromatic rings. The van der Waals surface area contributed by atoms with E-state index in [1.165, 1.54) is 0 Å². The van der Waals surface area contributed by atoms with E-state index < -0.39 is 47.5 Å². The number of carbonyl (C=O) groups is 4. The van der Waals surface area contributed by atoms with E-state index in [4.69, 9.17) is 43.6 Å². The molecule has 0 rings (SSSR count). The minimum atomic E-state index is -1.35. The topological polar surface area (TPSA) is 149 Å². The molecule has 2 unspecified atom stereocenters. The fourth-order valence-corrected chi connectivity index (χ4v) is 0.949. The second-order valence-corrected chi connectivity index (χ2v) is 4.06. The van der Waals surface area contributed by atoms with E-state index in [2.05, 4.69) is 21.7 Å². The average Bonchev–Trinajstić information content (AvgIpc) is 2.39. The van der Waals surface area contributed by atoms with Gasteiger partial charge in [-0.15, -0.1) is 23.2 Å². The van der Waals surface area contributed by atoms with Gasteiger partial charge in [-0.1, -0.05) is 5.92 Å². The lowest BCUT2D eigenvalue weighted by atomic mass is 10.2. The lowest BCUT2D eigenvalue weighted by Crippen LogP contribution is -2.26. The molecule has 0 bridgehead atoms. The normalized spacial score (nSPS) is 10.9. The molecule has 0 aliphatic carbocycles. The summed E-state index contributed by atoms with van der Waals surface area (Å²) in [5, 5.41) is 29.8. The smallest absolute Gasteiger partial charge is 0.381 e. The average molecular weight is 400 g/mol. The van der Waals surface area contributed by atoms with Gasteiger partial charge in [-0.25, -0.2) is 4.79 Å². The Morgan fingerprint density at radius 1 is 0.909 bits per heavy atom. The second kappa shape index (κ2) is 16.0. The van der Waals surface area contributed by atoms with Crippen molar-refractivity contribution in [1.82, 2.24) is 0 Å². The zero-order valence-corrected chi connectivity index (χ0v) is 13.5. The fourth-order valence-electron chi connectivity index (χ4n) is 0.620. The van der Waals surface area contributed by atoms with E-state index in [0.29, 0.717) is 0 Å². The summed E-state index contributed by atoms with van der Waals surface area (Å²) in [6.07, 6.45) is -0.881. The molecule has 0 heterocycles. The van der Waals surface area contributed by atoms with Crippen LogP contribution in [-0.2, 0) is 19.2 Å². The molecule has 0 fully saturated rings. The van der Waals surface area contributed by atoms with E-state index in [1.54, 1.807) is 5.92 Å². The molecule has 0 aromatic carbocycles. The number of carboxylic acids is 4. The summed E-state index contributed by atoms with van der Waals surface area (Å²) >= 11 is 10.5. The van der Waals surface area contributed by atoms with Crippen molar-refractivity contribution in [2.45, 2.75) is 23.6 Å². The summed E-state index contributed by atoms with van der Waals surface area (Å²) in [6, 6.07) is 0. The van der Waals surface area contributed by atoms with Crippen molar-refractivity contribution in [3.63, 3.8) is 0 Å². The first kappa shape index (κ1) is 25.5. The minimum Gasteiger partial charge on any atom is -0.481 e. The Morgan fingerprint density at radius 2 is 1.36 bits per heavy atom. The van der Waals surface area contributed by atoms with Crippen LogP contribution in [0.15, 0.2) is 0 Å². The Bertz CT molecular complexity index is 442. The van der Waals surface area contributed by atoms with Gasteiger partial charge in [-0.05, 0) is 0 Å². The van der Waals surface area contributed by atoms with Crippen LogP contribution in [0.25, 0.3) is 0 Å². The summed E-state index contributed by atoms with van der Waals surface area (Å²) in [4.78, 5) is 39.4. The summed E-state index contributed by atoms with van der Waals surface area (Å²) in [7, 11) is 8.22. The number of hydrogen-bond donors (Lipinski definition) is 4. The van der Waals surface area contributed by atoms with E-state index in [-0.39, 0.29) is 0 Å². The third kappa shape index (κ3) is 20.9. The van der Waals surface area contributed by atoms with Crippen LogP contribution in [0.4, 0.5) is 0 Å². The zero-order chi connectivity index (χ0) is 18.3. The molecule has 0 aliphatic rings. The van der Waals surface area contributed by atoms with Crippen LogP contribution in [-0.4, -0.2) is 55.1 Å². The second-order valence-electron chi connectivity index (χ2n) is 3.03. The number of hydrogen-bond acceptors (Lipinski definition) is 4. The molecule has 22 heavy (non-hydrogen) atoms. The molecule has 0 aliphatic heterocycles. The molecule has 126 valence electrons. The van der Waals surface area contributed by atoms with Crippen LogP contribution in [0.3, 0.4) is 0 Å². The Labute approximate surface area is 144 Å². The van der Waals surface area contributed by atoms with Gasteiger partial charge in [0, 0.05) is 27.6 Å². The van der Waals surface area contributed by atoms with Crippen molar-refractivity contribution in [3.8, 4) is 11.8 Å². The van der Waals surface area contributed by atoms with Gasteiger partial charge < -0.3 is 20.4 Å². The molecule has 0 aromatic heterocycles. The number of aliphatic carboxylic acids is 4. The quantitative estimate of drug-likeness (QED) is 0.403. The van der Waals surface area contributed by atoms with Crippen LogP contribution in [0.2, 0.25) is 0 Å². The minimum absolute atomic E-state index is 0.424. The predicted octanol–water partition coefficient (Wildman–Crippen LogP) is 1.69. The first-order valence-corrected chi connectivity index (χ1v) is 6.90. The first-order chi connectivity index (χ1) is 10.1. The summed E-state index contributed by atoms with van der Waals surface area (Å²) in [5.41, 5.74) is 0. The van der Waals surface area contributed by atoms with Crippen LogP contribution < -0.4 is 0 Å². The Morgan fingerprint density at radius 3 is 1.64 bits per heavy atom. The van der Waals surface area contributed by atoms with Crippen molar-refractivity contribution < 1.29 is 39.6 Å². The molecular weight excluding hydrogens is 390 g/mol. The summed E-state index contributed by atoms with van der Waals surface area (Å²) < 4.78 is 0. The van der Waals surface area contributed by atoms with E-state index in [0.717, 1.165) is 0 Å². The summed E-state index contributed by atoms with van der Waals surface area (Å²) in [5.74, 6) is -1.31. The molecule has 0 saturated heterocycles. The lowest BCUT2D eigenvalue weighted by molar-refractivity contribution is -0.139. The van der Waals surface area contributed by atoms with Gasteiger partial charge in [0.1, 0.15) is 11.8 Å². The Kier molecular flexibility index (Phi) is 18.6. The van der Waals surface area contributed by atoms with Crippen molar-refractivity contribution in [3.05, 3.63) is 0 Å². The van der Waals surface area contributed by atoms with Gasteiger partial charge in [0.25, 0.3) is 0 Å². The molecule has 2 atom stereocenters. The van der Waals surface area contributed by atoms with Gasteiger partial charge in [0.05, 0.1) is 11.8 Å². The maximum absolute atomic E-state index is 10.1. The van der Waals surface area contributed by atoms with E-state index >= 15 is 0 Å². The van der Waals surface area contributed by atoms with Crippen molar-refractivity contribution in [1.29, 1.82) is 0 Å². The van der Waals surface area contributed by atoms with Crippen LogP contribution >= 0.6 is 44.9 Å². The van der Waals surface area contributed by atoms with Crippen molar-refractivity contribution in [2.75, 3.05) is 0 Å². The molecule has 0 radical (unpaired) electrons. The Balaban J connectivity index is -0.000000299. The third-order valence-electron chi connectivity index (χ3n) is 1.36.